The Morgan fingerprint density at radius 1 is 1.20 bits per heavy atom. The topological polar surface area (TPSA) is 57.9 Å². The molecule has 3 nitrogen and oxygen atoms in total. The third-order valence-electron chi connectivity index (χ3n) is 0.469. The van der Waals surface area contributed by atoms with E-state index in [1.54, 1.807) is 0 Å². The zero-order valence-corrected chi connectivity index (χ0v) is 10.7. The molecule has 1 N–H and O–H groups in total. The molecule has 0 bridgehead atoms. The second kappa shape index (κ2) is 9.20. The molecular formula is C5H6NO2Re2-. The van der Waals surface area contributed by atoms with Gasteiger partial charge in [0.2, 0.25) is 0 Å². The van der Waals surface area contributed by atoms with Crippen molar-refractivity contribution in [2.45, 2.75) is 6.92 Å². The van der Waals surface area contributed by atoms with Crippen LogP contribution in [0.3, 0.4) is 0 Å². The van der Waals surface area contributed by atoms with Crippen LogP contribution >= 0.6 is 0 Å². The molecule has 1 amide bonds. The van der Waals surface area contributed by atoms with Crippen LogP contribution in [0.1, 0.15) is 6.92 Å². The summed E-state index contributed by atoms with van der Waals surface area (Å²) in [4.78, 5) is 19.8. The molecule has 0 atom stereocenters. The van der Waals surface area contributed by atoms with E-state index in [-0.39, 0.29) is 46.6 Å². The summed E-state index contributed by atoms with van der Waals surface area (Å²) in [5.74, 6) is -1.06. The van der Waals surface area contributed by atoms with E-state index in [1.807, 2.05) is 0 Å². The summed E-state index contributed by atoms with van der Waals surface area (Å²) in [6, 6.07) is 0. The summed E-state index contributed by atoms with van der Waals surface area (Å²) in [6.07, 6.45) is 1.98. The third-order valence-corrected chi connectivity index (χ3v) is 0.469. The summed E-state index contributed by atoms with van der Waals surface area (Å²) >= 11 is 0. The van der Waals surface area contributed by atoms with Crippen molar-refractivity contribution < 1.29 is 50.4 Å². The van der Waals surface area contributed by atoms with Crippen LogP contribution in [0.5, 0.6) is 0 Å². The predicted octanol–water partition coefficient (Wildman–Crippen LogP) is 0.705. The average Bonchev–Trinajstić information content (AvgIpc) is 1.61. The van der Waals surface area contributed by atoms with Gasteiger partial charge >= 0.3 is 0 Å². The van der Waals surface area contributed by atoms with Gasteiger partial charge in [-0.05, 0) is 19.1 Å². The molecule has 0 spiro atoms. The summed E-state index contributed by atoms with van der Waals surface area (Å²) in [6.45, 7) is 1.32. The van der Waals surface area contributed by atoms with Gasteiger partial charge in [-0.2, -0.15) is 0 Å². The van der Waals surface area contributed by atoms with Gasteiger partial charge in [-0.25, -0.2) is 0 Å². The van der Waals surface area contributed by atoms with E-state index in [0.717, 1.165) is 12.2 Å². The van der Waals surface area contributed by atoms with Gasteiger partial charge in [-0.15, -0.1) is 0 Å². The molecule has 2 radical (unpaired) electrons. The standard InChI is InChI=1S/C5H7NO2.2Re/c1-4(7)2-3-5(6)8;;/h2-3H,1H3,(H2,6,8);;/p-1/b3-2+;;. The fourth-order valence-electron chi connectivity index (χ4n) is 0.193. The molecule has 58 valence electrons. The van der Waals surface area contributed by atoms with E-state index in [2.05, 4.69) is 0 Å². The Morgan fingerprint density at radius 3 is 1.70 bits per heavy atom. The van der Waals surface area contributed by atoms with Gasteiger partial charge in [0.1, 0.15) is 0 Å². The van der Waals surface area contributed by atoms with Crippen LogP contribution in [-0.4, -0.2) is 11.7 Å². The molecule has 0 rings (SSSR count). The molecule has 0 aliphatic heterocycles. The summed E-state index contributed by atoms with van der Waals surface area (Å²) in [5.41, 5.74) is 6.29. The molecule has 0 aliphatic rings. The average molecular weight is 485 g/mol. The van der Waals surface area contributed by atoms with Crippen LogP contribution in [-0.2, 0) is 50.4 Å². The summed E-state index contributed by atoms with van der Waals surface area (Å²) < 4.78 is 0. The molecule has 5 heteroatoms. The van der Waals surface area contributed by atoms with Crippen molar-refractivity contribution in [2.24, 2.45) is 0 Å². The molecule has 0 saturated heterocycles. The maximum absolute atomic E-state index is 10.0. The monoisotopic (exact) mass is 486 g/mol. The van der Waals surface area contributed by atoms with Crippen LogP contribution in [0.4, 0.5) is 0 Å². The van der Waals surface area contributed by atoms with Crippen molar-refractivity contribution >= 4 is 11.7 Å². The number of nitrogens with one attached hydrogen (secondary N) is 1. The first-order valence-corrected chi connectivity index (χ1v) is 2.07. The van der Waals surface area contributed by atoms with Gasteiger partial charge in [-0.1, -0.05) is 0 Å². The quantitative estimate of drug-likeness (QED) is 0.542. The maximum atomic E-state index is 10.0. The van der Waals surface area contributed by atoms with Crippen LogP contribution in [0, 0.1) is 0 Å². The van der Waals surface area contributed by atoms with Gasteiger partial charge < -0.3 is 10.5 Å². The summed E-state index contributed by atoms with van der Waals surface area (Å²) in [7, 11) is 0. The molecule has 0 aromatic heterocycles. The van der Waals surface area contributed by atoms with Crippen molar-refractivity contribution in [3.05, 3.63) is 17.9 Å². The molecule has 0 fully saturated rings. The van der Waals surface area contributed by atoms with Gasteiger partial charge in [0.25, 0.3) is 0 Å². The fraction of sp³-hybridized carbons (Fsp3) is 0.200. The molecule has 0 aromatic rings. The first-order valence-electron chi connectivity index (χ1n) is 2.07. The Bertz CT molecular complexity index is 129. The van der Waals surface area contributed by atoms with Crippen molar-refractivity contribution in [3.63, 3.8) is 0 Å². The minimum absolute atomic E-state index is 0. The molecule has 0 aromatic carbocycles. The summed E-state index contributed by atoms with van der Waals surface area (Å²) in [5, 5.41) is 0. The van der Waals surface area contributed by atoms with E-state index in [9.17, 15) is 9.59 Å². The molecular weight excluding hydrogens is 478 g/mol. The zero-order valence-electron chi connectivity index (χ0n) is 5.23. The fourth-order valence-corrected chi connectivity index (χ4v) is 0.193. The van der Waals surface area contributed by atoms with Gasteiger partial charge in [0, 0.05) is 40.8 Å². The number of ketones is 1. The Balaban J connectivity index is -0.000000245. The normalized spacial score (nSPS) is 7.70. The largest absolute Gasteiger partial charge is 0.664 e. The van der Waals surface area contributed by atoms with Crippen molar-refractivity contribution in [1.29, 1.82) is 0 Å². The number of allylic oxidation sites excluding steroid dienone is 1. The van der Waals surface area contributed by atoms with E-state index in [1.165, 1.54) is 6.92 Å². The minimum atomic E-state index is -0.847. The Kier molecular flexibility index (Phi) is 15.3. The molecule has 0 saturated carbocycles. The Labute approximate surface area is 86.7 Å². The SMILES string of the molecule is CC(=O)/C=C/C([NH-])=O.[Re].[Re]. The van der Waals surface area contributed by atoms with E-state index in [4.69, 9.17) is 5.73 Å². The second-order valence-corrected chi connectivity index (χ2v) is 1.31. The Morgan fingerprint density at radius 2 is 1.60 bits per heavy atom. The van der Waals surface area contributed by atoms with Gasteiger partial charge in [0.15, 0.2) is 5.78 Å². The number of amides is 1. The Hall–Kier alpha value is 0.205. The minimum Gasteiger partial charge on any atom is -0.664 e. The molecule has 0 unspecified atom stereocenters. The van der Waals surface area contributed by atoms with Crippen LogP contribution in [0.2, 0.25) is 0 Å². The van der Waals surface area contributed by atoms with Crippen molar-refractivity contribution in [1.82, 2.24) is 0 Å². The maximum Gasteiger partial charge on any atom is 0.152 e. The molecule has 0 heterocycles. The molecule has 10 heavy (non-hydrogen) atoms. The number of carbonyl (C=O) groups excluding carboxylic acids is 2. The number of rotatable bonds is 2. The zero-order chi connectivity index (χ0) is 6.57. The number of hydrogen-bond acceptors (Lipinski definition) is 2. The van der Waals surface area contributed by atoms with Crippen molar-refractivity contribution in [3.8, 4) is 0 Å². The van der Waals surface area contributed by atoms with Gasteiger partial charge in [0.05, 0.1) is 5.91 Å². The third kappa shape index (κ3) is 15.7. The van der Waals surface area contributed by atoms with Crippen LogP contribution < -0.4 is 0 Å². The first kappa shape index (κ1) is 16.7. The first-order chi connectivity index (χ1) is 3.63. The number of hydrogen-bond donors (Lipinski definition) is 0. The van der Waals surface area contributed by atoms with Crippen LogP contribution in [0.25, 0.3) is 5.73 Å². The van der Waals surface area contributed by atoms with Crippen LogP contribution in [0.15, 0.2) is 12.2 Å². The number of carbonyl (C=O) groups is 2. The smallest absolute Gasteiger partial charge is 0.152 e. The van der Waals surface area contributed by atoms with Crippen molar-refractivity contribution in [2.75, 3.05) is 0 Å². The van der Waals surface area contributed by atoms with E-state index < -0.39 is 5.91 Å². The second-order valence-electron chi connectivity index (χ2n) is 1.31. The van der Waals surface area contributed by atoms with Gasteiger partial charge in [-0.3, -0.25) is 4.79 Å². The molecule has 0 aliphatic carbocycles. The van der Waals surface area contributed by atoms with E-state index in [0.29, 0.717) is 0 Å². The van der Waals surface area contributed by atoms with E-state index >= 15 is 0 Å². The predicted molar refractivity (Wildman–Crippen MR) is 29.1 cm³/mol.